The fourth-order valence-corrected chi connectivity index (χ4v) is 1.87. The first-order valence-electron chi connectivity index (χ1n) is 3.95. The topological polar surface area (TPSA) is 45.8 Å². The largest absolute Gasteiger partial charge is 0.309 e. The molecule has 0 aliphatic rings. The van der Waals surface area contributed by atoms with Gasteiger partial charge in [-0.15, -0.1) is 0 Å². The molecule has 1 aromatic rings. The van der Waals surface area contributed by atoms with Crippen LogP contribution in [0.5, 0.6) is 0 Å². The van der Waals surface area contributed by atoms with Crippen LogP contribution in [-0.2, 0) is 12.2 Å². The van der Waals surface area contributed by atoms with Gasteiger partial charge in [0.05, 0.1) is 11.4 Å². The van der Waals surface area contributed by atoms with Crippen molar-refractivity contribution in [2.45, 2.75) is 19.1 Å². The molecule has 5 heteroatoms. The molecule has 0 saturated carbocycles. The van der Waals surface area contributed by atoms with E-state index in [-0.39, 0.29) is 5.56 Å². The van der Waals surface area contributed by atoms with E-state index in [1.165, 1.54) is 0 Å². The van der Waals surface area contributed by atoms with Gasteiger partial charge >= 0.3 is 0 Å². The quantitative estimate of drug-likeness (QED) is 0.906. The van der Waals surface area contributed by atoms with E-state index in [1.807, 2.05) is 13.2 Å². The summed E-state index contributed by atoms with van der Waals surface area (Å²) in [6.45, 7) is 1.98. The van der Waals surface area contributed by atoms with Crippen molar-refractivity contribution in [3.8, 4) is 0 Å². The van der Waals surface area contributed by atoms with Gasteiger partial charge in [-0.2, -0.15) is 11.8 Å². The van der Waals surface area contributed by atoms with Gasteiger partial charge in [0, 0.05) is 0 Å². The lowest BCUT2D eigenvalue weighted by molar-refractivity contribution is 0.907. The van der Waals surface area contributed by atoms with Crippen LogP contribution in [0.15, 0.2) is 9.27 Å². The van der Waals surface area contributed by atoms with Gasteiger partial charge in [0.2, 0.25) is 0 Å². The van der Waals surface area contributed by atoms with Crippen molar-refractivity contribution in [1.82, 2.24) is 9.97 Å². The molecule has 0 aliphatic carbocycles. The van der Waals surface area contributed by atoms with Gasteiger partial charge in [-0.3, -0.25) is 4.79 Å². The van der Waals surface area contributed by atoms with Crippen molar-refractivity contribution in [3.63, 3.8) is 0 Å². The molecule has 0 unspecified atom stereocenters. The molecular weight excluding hydrogens is 252 g/mol. The summed E-state index contributed by atoms with van der Waals surface area (Å²) in [6.07, 6.45) is 2.75. The lowest BCUT2D eigenvalue weighted by Crippen LogP contribution is -2.14. The maximum atomic E-state index is 11.3. The van der Waals surface area contributed by atoms with Gasteiger partial charge in [-0.05, 0) is 28.6 Å². The van der Waals surface area contributed by atoms with Crippen molar-refractivity contribution in [2.75, 3.05) is 6.26 Å². The van der Waals surface area contributed by atoms with Crippen molar-refractivity contribution >= 4 is 27.7 Å². The highest BCUT2D eigenvalue weighted by molar-refractivity contribution is 9.10. The van der Waals surface area contributed by atoms with Gasteiger partial charge < -0.3 is 4.98 Å². The molecule has 13 heavy (non-hydrogen) atoms. The standard InChI is InChI=1S/C8H11BrN2OS/c1-3-5-7(9)8(12)11-6(10-5)4-13-2/h3-4H2,1-2H3,(H,10,11,12). The Morgan fingerprint density at radius 2 is 2.31 bits per heavy atom. The molecule has 0 aromatic carbocycles. The molecule has 0 saturated heterocycles. The lowest BCUT2D eigenvalue weighted by Gasteiger charge is -2.02. The predicted molar refractivity (Wildman–Crippen MR) is 59.2 cm³/mol. The molecule has 72 valence electrons. The summed E-state index contributed by atoms with van der Waals surface area (Å²) in [5.41, 5.74) is 0.740. The van der Waals surface area contributed by atoms with E-state index < -0.39 is 0 Å². The summed E-state index contributed by atoms with van der Waals surface area (Å²) in [4.78, 5) is 18.4. The summed E-state index contributed by atoms with van der Waals surface area (Å²) in [5.74, 6) is 1.49. The number of hydrogen-bond donors (Lipinski definition) is 1. The van der Waals surface area contributed by atoms with Crippen LogP contribution >= 0.6 is 27.7 Å². The van der Waals surface area contributed by atoms with Crippen LogP contribution in [0.4, 0.5) is 0 Å². The Labute approximate surface area is 89.5 Å². The number of halogens is 1. The molecule has 0 spiro atoms. The number of H-pyrrole nitrogens is 1. The molecule has 3 nitrogen and oxygen atoms in total. The molecule has 1 aromatic heterocycles. The zero-order valence-corrected chi connectivity index (χ0v) is 9.96. The van der Waals surface area contributed by atoms with E-state index >= 15 is 0 Å². The Hall–Kier alpha value is -0.290. The molecule has 1 N–H and O–H groups in total. The second-order valence-corrected chi connectivity index (χ2v) is 4.22. The van der Waals surface area contributed by atoms with Gasteiger partial charge in [0.15, 0.2) is 0 Å². The number of nitrogens with zero attached hydrogens (tertiary/aromatic N) is 1. The van der Waals surface area contributed by atoms with Crippen LogP contribution in [0.1, 0.15) is 18.4 Å². The van der Waals surface area contributed by atoms with Crippen LogP contribution in [0.3, 0.4) is 0 Å². The molecule has 0 fully saturated rings. The Morgan fingerprint density at radius 3 is 2.85 bits per heavy atom. The van der Waals surface area contributed by atoms with Crippen molar-refractivity contribution < 1.29 is 0 Å². The number of aromatic nitrogens is 2. The fourth-order valence-electron chi connectivity index (χ4n) is 0.996. The van der Waals surface area contributed by atoms with Crippen LogP contribution in [-0.4, -0.2) is 16.2 Å². The third-order valence-corrected chi connectivity index (χ3v) is 2.98. The van der Waals surface area contributed by atoms with Gasteiger partial charge in [0.25, 0.3) is 5.56 Å². The van der Waals surface area contributed by atoms with E-state index in [2.05, 4.69) is 25.9 Å². The third-order valence-electron chi connectivity index (χ3n) is 1.60. The summed E-state index contributed by atoms with van der Waals surface area (Å²) >= 11 is 4.85. The number of nitrogens with one attached hydrogen (secondary N) is 1. The normalized spacial score (nSPS) is 10.4. The highest BCUT2D eigenvalue weighted by atomic mass is 79.9. The summed E-state index contributed by atoms with van der Waals surface area (Å²) < 4.78 is 0.555. The maximum Gasteiger partial charge on any atom is 0.265 e. The summed E-state index contributed by atoms with van der Waals surface area (Å²) in [6, 6.07) is 0. The number of rotatable bonds is 3. The average Bonchev–Trinajstić information content (AvgIpc) is 2.11. The monoisotopic (exact) mass is 262 g/mol. The highest BCUT2D eigenvalue weighted by Crippen LogP contribution is 2.11. The zero-order valence-electron chi connectivity index (χ0n) is 7.56. The maximum absolute atomic E-state index is 11.3. The zero-order chi connectivity index (χ0) is 9.84. The first kappa shape index (κ1) is 10.8. The lowest BCUT2D eigenvalue weighted by atomic mass is 10.3. The van der Waals surface area contributed by atoms with Gasteiger partial charge in [-0.1, -0.05) is 6.92 Å². The first-order valence-corrected chi connectivity index (χ1v) is 6.14. The molecule has 0 amide bonds. The predicted octanol–water partition coefficient (Wildman–Crippen LogP) is 1.96. The SMILES string of the molecule is CCc1nc(CSC)[nH]c(=O)c1Br. The Morgan fingerprint density at radius 1 is 1.62 bits per heavy atom. The third kappa shape index (κ3) is 2.57. The van der Waals surface area contributed by atoms with Crippen LogP contribution in [0.2, 0.25) is 0 Å². The van der Waals surface area contributed by atoms with E-state index in [1.54, 1.807) is 11.8 Å². The van der Waals surface area contributed by atoms with E-state index in [0.717, 1.165) is 23.7 Å². The molecule has 0 radical (unpaired) electrons. The second-order valence-electron chi connectivity index (χ2n) is 2.56. The number of hydrogen-bond acceptors (Lipinski definition) is 3. The van der Waals surface area contributed by atoms with Crippen LogP contribution in [0.25, 0.3) is 0 Å². The molecule has 0 aliphatic heterocycles. The minimum absolute atomic E-state index is 0.0871. The van der Waals surface area contributed by atoms with Crippen molar-refractivity contribution in [2.24, 2.45) is 0 Å². The first-order chi connectivity index (χ1) is 6.19. The van der Waals surface area contributed by atoms with Crippen LogP contribution in [0, 0.1) is 0 Å². The number of aryl methyl sites for hydroxylation is 1. The highest BCUT2D eigenvalue weighted by Gasteiger charge is 2.06. The molecule has 1 rings (SSSR count). The summed E-state index contributed by atoms with van der Waals surface area (Å²) in [5, 5.41) is 0. The fraction of sp³-hybridized carbons (Fsp3) is 0.500. The minimum Gasteiger partial charge on any atom is -0.309 e. The van der Waals surface area contributed by atoms with Crippen molar-refractivity contribution in [1.29, 1.82) is 0 Å². The Balaban J connectivity index is 3.14. The smallest absolute Gasteiger partial charge is 0.265 e. The Kier molecular flexibility index (Phi) is 3.99. The molecule has 0 atom stereocenters. The average molecular weight is 263 g/mol. The minimum atomic E-state index is -0.0871. The molecular formula is C8H11BrN2OS. The van der Waals surface area contributed by atoms with E-state index in [0.29, 0.717) is 4.47 Å². The molecule has 0 bridgehead atoms. The number of thioether (sulfide) groups is 1. The Bertz CT molecular complexity index is 350. The summed E-state index contributed by atoms with van der Waals surface area (Å²) in [7, 11) is 0. The van der Waals surface area contributed by atoms with Crippen LogP contribution < -0.4 is 5.56 Å². The molecule has 1 heterocycles. The second kappa shape index (κ2) is 4.81. The van der Waals surface area contributed by atoms with Gasteiger partial charge in [0.1, 0.15) is 10.3 Å². The van der Waals surface area contributed by atoms with Crippen molar-refractivity contribution in [3.05, 3.63) is 26.3 Å². The van der Waals surface area contributed by atoms with E-state index in [4.69, 9.17) is 0 Å². The van der Waals surface area contributed by atoms with E-state index in [9.17, 15) is 4.79 Å². The number of aromatic amines is 1. The van der Waals surface area contributed by atoms with Gasteiger partial charge in [-0.25, -0.2) is 4.98 Å².